The highest BCUT2D eigenvalue weighted by Gasteiger charge is 2.39. The van der Waals surface area contributed by atoms with E-state index in [-0.39, 0.29) is 35.8 Å². The fourth-order valence-corrected chi connectivity index (χ4v) is 4.10. The van der Waals surface area contributed by atoms with E-state index in [0.29, 0.717) is 39.1 Å². The molecule has 2 N–H and O–H groups in total. The average molecular weight is 432 g/mol. The van der Waals surface area contributed by atoms with Crippen LogP contribution in [0.25, 0.3) is 0 Å². The topological polar surface area (TPSA) is 97.0 Å². The molecule has 3 unspecified atom stereocenters. The highest BCUT2D eigenvalue weighted by atomic mass is 16.5. The zero-order valence-electron chi connectivity index (χ0n) is 18.6. The molecule has 3 rings (SSSR count). The summed E-state index contributed by atoms with van der Waals surface area (Å²) in [4.78, 5) is 40.0. The molecule has 1 aromatic carbocycles. The zero-order valence-corrected chi connectivity index (χ0v) is 18.6. The number of carbonyl (C=O) groups excluding carboxylic acids is 3. The Morgan fingerprint density at radius 2 is 1.87 bits per heavy atom. The first-order valence-corrected chi connectivity index (χ1v) is 10.9. The standard InChI is InChI=1S/C23H33N3O5/c1-4-19-20(18(27)15-31-19)25-21(28)17(24-22(29)26-10-12-30-13-11-26)14-23(2,3)16-8-6-5-7-9-16/h5-9,17,19-20H,4,10-15H2,1-3H3,(H,24,29)(H,25,28). The molecule has 170 valence electrons. The maximum atomic E-state index is 13.3. The fourth-order valence-electron chi connectivity index (χ4n) is 4.10. The third-order valence-electron chi connectivity index (χ3n) is 6.04. The van der Waals surface area contributed by atoms with Crippen molar-refractivity contribution in [3.05, 3.63) is 35.9 Å². The zero-order chi connectivity index (χ0) is 22.4. The highest BCUT2D eigenvalue weighted by Crippen LogP contribution is 2.28. The monoisotopic (exact) mass is 431 g/mol. The van der Waals surface area contributed by atoms with Gasteiger partial charge >= 0.3 is 6.03 Å². The van der Waals surface area contributed by atoms with Crippen LogP contribution in [0.3, 0.4) is 0 Å². The van der Waals surface area contributed by atoms with Crippen molar-refractivity contribution in [3.8, 4) is 0 Å². The second-order valence-corrected chi connectivity index (χ2v) is 8.77. The number of benzene rings is 1. The molecule has 3 amide bonds. The van der Waals surface area contributed by atoms with Crippen LogP contribution in [0.15, 0.2) is 30.3 Å². The number of ether oxygens (including phenoxy) is 2. The lowest BCUT2D eigenvalue weighted by atomic mass is 9.79. The predicted molar refractivity (Wildman–Crippen MR) is 116 cm³/mol. The first-order valence-electron chi connectivity index (χ1n) is 10.9. The maximum Gasteiger partial charge on any atom is 0.318 e. The lowest BCUT2D eigenvalue weighted by Gasteiger charge is -2.33. The molecule has 0 aromatic heterocycles. The first-order chi connectivity index (χ1) is 14.8. The molecule has 0 saturated carbocycles. The summed E-state index contributed by atoms with van der Waals surface area (Å²) in [5.41, 5.74) is 0.696. The summed E-state index contributed by atoms with van der Waals surface area (Å²) < 4.78 is 10.8. The molecule has 0 spiro atoms. The Morgan fingerprint density at radius 3 is 2.52 bits per heavy atom. The van der Waals surface area contributed by atoms with Crippen LogP contribution in [0.4, 0.5) is 4.79 Å². The number of ketones is 1. The normalized spacial score (nSPS) is 22.8. The van der Waals surface area contributed by atoms with Crippen molar-refractivity contribution >= 4 is 17.7 Å². The summed E-state index contributed by atoms with van der Waals surface area (Å²) in [5, 5.41) is 5.74. The summed E-state index contributed by atoms with van der Waals surface area (Å²) in [7, 11) is 0. The van der Waals surface area contributed by atoms with Gasteiger partial charge in [0, 0.05) is 13.1 Å². The lowest BCUT2D eigenvalue weighted by molar-refractivity contribution is -0.128. The van der Waals surface area contributed by atoms with Crippen molar-refractivity contribution in [2.45, 2.75) is 57.2 Å². The summed E-state index contributed by atoms with van der Waals surface area (Å²) in [6.45, 7) is 7.93. The van der Waals surface area contributed by atoms with Crippen LogP contribution in [0.2, 0.25) is 0 Å². The molecular formula is C23H33N3O5. The summed E-state index contributed by atoms with van der Waals surface area (Å²) >= 11 is 0. The molecule has 3 atom stereocenters. The molecular weight excluding hydrogens is 398 g/mol. The molecule has 2 aliphatic heterocycles. The molecule has 8 heteroatoms. The van der Waals surface area contributed by atoms with Gasteiger partial charge in [-0.05, 0) is 23.8 Å². The Morgan fingerprint density at radius 1 is 1.19 bits per heavy atom. The van der Waals surface area contributed by atoms with Gasteiger partial charge in [-0.1, -0.05) is 51.1 Å². The van der Waals surface area contributed by atoms with Gasteiger partial charge in [-0.2, -0.15) is 0 Å². The van der Waals surface area contributed by atoms with Gasteiger partial charge in [0.05, 0.1) is 19.3 Å². The Bertz CT molecular complexity index is 777. The van der Waals surface area contributed by atoms with E-state index in [9.17, 15) is 14.4 Å². The van der Waals surface area contributed by atoms with E-state index in [0.717, 1.165) is 5.56 Å². The van der Waals surface area contributed by atoms with Crippen LogP contribution < -0.4 is 10.6 Å². The maximum absolute atomic E-state index is 13.3. The first kappa shape index (κ1) is 23.2. The summed E-state index contributed by atoms with van der Waals surface area (Å²) in [6.07, 6.45) is 0.670. The van der Waals surface area contributed by atoms with Gasteiger partial charge in [0.1, 0.15) is 18.7 Å². The third kappa shape index (κ3) is 5.83. The van der Waals surface area contributed by atoms with Gasteiger partial charge in [0.2, 0.25) is 5.91 Å². The molecule has 8 nitrogen and oxygen atoms in total. The number of rotatable bonds is 7. The largest absolute Gasteiger partial charge is 0.378 e. The Balaban J connectivity index is 1.76. The van der Waals surface area contributed by atoms with Crippen LogP contribution in [0.5, 0.6) is 0 Å². The van der Waals surface area contributed by atoms with Gasteiger partial charge in [0.15, 0.2) is 5.78 Å². The van der Waals surface area contributed by atoms with Crippen molar-refractivity contribution in [1.82, 2.24) is 15.5 Å². The number of hydrogen-bond acceptors (Lipinski definition) is 5. The number of urea groups is 1. The van der Waals surface area contributed by atoms with E-state index < -0.39 is 12.1 Å². The molecule has 2 aliphatic rings. The minimum atomic E-state index is -0.795. The van der Waals surface area contributed by atoms with E-state index in [1.807, 2.05) is 51.1 Å². The number of nitrogens with one attached hydrogen (secondary N) is 2. The molecule has 0 aliphatic carbocycles. The Kier molecular flexibility index (Phi) is 7.67. The highest BCUT2D eigenvalue weighted by molar-refractivity contribution is 5.94. The molecule has 2 heterocycles. The average Bonchev–Trinajstić information content (AvgIpc) is 3.13. The van der Waals surface area contributed by atoms with Gasteiger partial charge in [-0.3, -0.25) is 9.59 Å². The van der Waals surface area contributed by atoms with Crippen molar-refractivity contribution < 1.29 is 23.9 Å². The van der Waals surface area contributed by atoms with E-state index in [1.165, 1.54) is 0 Å². The van der Waals surface area contributed by atoms with Crippen molar-refractivity contribution in [2.75, 3.05) is 32.9 Å². The molecule has 2 saturated heterocycles. The Hall–Kier alpha value is -2.45. The molecule has 0 bridgehead atoms. The van der Waals surface area contributed by atoms with E-state index in [2.05, 4.69) is 10.6 Å². The van der Waals surface area contributed by atoms with Crippen molar-refractivity contribution in [1.29, 1.82) is 0 Å². The van der Waals surface area contributed by atoms with Gasteiger partial charge < -0.3 is 25.0 Å². The number of morpholine rings is 1. The van der Waals surface area contributed by atoms with Gasteiger partial charge in [-0.25, -0.2) is 4.79 Å². The molecule has 1 aromatic rings. The van der Waals surface area contributed by atoms with Crippen LogP contribution in [-0.4, -0.2) is 73.7 Å². The van der Waals surface area contributed by atoms with Crippen LogP contribution in [-0.2, 0) is 24.5 Å². The summed E-state index contributed by atoms with van der Waals surface area (Å²) in [5.74, 6) is -0.506. The molecule has 0 radical (unpaired) electrons. The second-order valence-electron chi connectivity index (χ2n) is 8.77. The van der Waals surface area contributed by atoms with E-state index in [1.54, 1.807) is 4.90 Å². The van der Waals surface area contributed by atoms with Gasteiger partial charge in [-0.15, -0.1) is 0 Å². The van der Waals surface area contributed by atoms with Crippen LogP contribution in [0.1, 0.15) is 39.2 Å². The minimum absolute atomic E-state index is 0.00374. The van der Waals surface area contributed by atoms with Crippen molar-refractivity contribution in [2.24, 2.45) is 0 Å². The smallest absolute Gasteiger partial charge is 0.318 e. The fraction of sp³-hybridized carbons (Fsp3) is 0.609. The number of hydrogen-bond donors (Lipinski definition) is 2. The lowest BCUT2D eigenvalue weighted by Crippen LogP contribution is -2.57. The number of nitrogens with zero attached hydrogens (tertiary/aromatic N) is 1. The number of Topliss-reactive ketones (excluding diaryl/α,β-unsaturated/α-hetero) is 1. The summed E-state index contributed by atoms with van der Waals surface area (Å²) in [6, 6.07) is 8.11. The Labute approximate surface area is 183 Å². The molecule has 2 fully saturated rings. The van der Waals surface area contributed by atoms with Crippen LogP contribution >= 0.6 is 0 Å². The van der Waals surface area contributed by atoms with E-state index in [4.69, 9.17) is 9.47 Å². The van der Waals surface area contributed by atoms with Crippen molar-refractivity contribution in [3.63, 3.8) is 0 Å². The quantitative estimate of drug-likeness (QED) is 0.684. The van der Waals surface area contributed by atoms with Crippen LogP contribution in [0, 0.1) is 0 Å². The number of carbonyl (C=O) groups is 3. The third-order valence-corrected chi connectivity index (χ3v) is 6.04. The van der Waals surface area contributed by atoms with E-state index >= 15 is 0 Å². The second kappa shape index (κ2) is 10.2. The molecule has 31 heavy (non-hydrogen) atoms. The minimum Gasteiger partial charge on any atom is -0.378 e. The number of amides is 3. The predicted octanol–water partition coefficient (Wildman–Crippen LogP) is 1.63. The van der Waals surface area contributed by atoms with Gasteiger partial charge in [0.25, 0.3) is 0 Å². The SMILES string of the molecule is CCC1OCC(=O)C1NC(=O)C(CC(C)(C)c1ccccc1)NC(=O)N1CCOCC1.